The third kappa shape index (κ3) is 3.57. The van der Waals surface area contributed by atoms with Crippen molar-refractivity contribution in [3.63, 3.8) is 0 Å². The average molecular weight is 354 g/mol. The Hall–Kier alpha value is -1.86. The second-order valence-electron chi connectivity index (χ2n) is 7.32. The number of benzene rings is 1. The fourth-order valence-electron chi connectivity index (χ4n) is 3.78. The van der Waals surface area contributed by atoms with Gasteiger partial charge in [0.15, 0.2) is 0 Å². The van der Waals surface area contributed by atoms with Gasteiger partial charge in [-0.25, -0.2) is 0 Å². The Kier molecular flexibility index (Phi) is 5.44. The van der Waals surface area contributed by atoms with Gasteiger partial charge in [0.05, 0.1) is 10.6 Å². The van der Waals surface area contributed by atoms with E-state index in [0.29, 0.717) is 17.4 Å². The molecule has 3 nitrogen and oxygen atoms in total. The summed E-state index contributed by atoms with van der Waals surface area (Å²) in [4.78, 5) is 1.20. The molecule has 1 aliphatic carbocycles. The summed E-state index contributed by atoms with van der Waals surface area (Å²) in [5, 5.41) is 10.9. The minimum atomic E-state index is 0.273. The highest BCUT2D eigenvalue weighted by Crippen LogP contribution is 2.44. The molecule has 2 aromatic rings. The molecule has 1 aromatic heterocycles. The van der Waals surface area contributed by atoms with Crippen molar-refractivity contribution >= 4 is 17.6 Å². The quantitative estimate of drug-likeness (QED) is 0.730. The summed E-state index contributed by atoms with van der Waals surface area (Å²) in [5.41, 5.74) is 9.53. The molecule has 0 atom stereocenters. The second-order valence-corrected chi connectivity index (χ2v) is 8.38. The van der Waals surface area contributed by atoms with Crippen LogP contribution in [0.4, 0.5) is 5.82 Å². The lowest BCUT2D eigenvalue weighted by atomic mass is 9.95. The predicted molar refractivity (Wildman–Crippen MR) is 105 cm³/mol. The van der Waals surface area contributed by atoms with Gasteiger partial charge in [-0.1, -0.05) is 62.6 Å². The molecule has 1 aromatic carbocycles. The van der Waals surface area contributed by atoms with E-state index in [2.05, 4.69) is 55.7 Å². The highest BCUT2D eigenvalue weighted by molar-refractivity contribution is 7.99. The molecule has 1 saturated carbocycles. The zero-order valence-corrected chi connectivity index (χ0v) is 16.2. The Balaban J connectivity index is 2.12. The first-order chi connectivity index (χ1) is 12.0. The Morgan fingerprint density at radius 1 is 1.16 bits per heavy atom. The summed E-state index contributed by atoms with van der Waals surface area (Å²) in [7, 11) is 0. The van der Waals surface area contributed by atoms with Crippen molar-refractivity contribution in [3.8, 4) is 6.07 Å². The molecule has 1 fully saturated rings. The summed E-state index contributed by atoms with van der Waals surface area (Å²) in [6, 6.07) is 11.4. The first kappa shape index (κ1) is 17.9. The van der Waals surface area contributed by atoms with Crippen LogP contribution in [0.2, 0.25) is 0 Å². The van der Waals surface area contributed by atoms with Gasteiger partial charge in [0, 0.05) is 16.5 Å². The predicted octanol–water partition coefficient (Wildman–Crippen LogP) is 6.03. The molecule has 2 N–H and O–H groups in total. The normalized spacial score (nSPS) is 15.5. The first-order valence-electron chi connectivity index (χ1n) is 9.21. The molecule has 25 heavy (non-hydrogen) atoms. The molecule has 3 rings (SSSR count). The van der Waals surface area contributed by atoms with Crippen LogP contribution in [0.1, 0.15) is 74.6 Å². The standard InChI is InChI=1S/C21H27N3S/c1-14(2)19-18(13-22)20(23)24(16-7-5-4-6-8-16)21(19)25-17-11-9-15(3)10-12-17/h9-12,14,16H,4-8,23H2,1-3H3. The van der Waals surface area contributed by atoms with Crippen LogP contribution in [0.25, 0.3) is 0 Å². The van der Waals surface area contributed by atoms with Gasteiger partial charge < -0.3 is 10.3 Å². The molecular formula is C21H27N3S. The topological polar surface area (TPSA) is 54.7 Å². The SMILES string of the molecule is Cc1ccc(Sc2c(C(C)C)c(C#N)c(N)n2C2CCCCC2)cc1. The maximum Gasteiger partial charge on any atom is 0.122 e. The monoisotopic (exact) mass is 353 g/mol. The van der Waals surface area contributed by atoms with Crippen molar-refractivity contribution < 1.29 is 0 Å². The molecular weight excluding hydrogens is 326 g/mol. The first-order valence-corrected chi connectivity index (χ1v) is 10.0. The third-order valence-electron chi connectivity index (χ3n) is 5.10. The number of aryl methyl sites for hydroxylation is 1. The van der Waals surface area contributed by atoms with E-state index < -0.39 is 0 Å². The van der Waals surface area contributed by atoms with Gasteiger partial charge in [-0.05, 0) is 37.8 Å². The van der Waals surface area contributed by atoms with Crippen LogP contribution in [-0.2, 0) is 0 Å². The lowest BCUT2D eigenvalue weighted by molar-refractivity contribution is 0.342. The van der Waals surface area contributed by atoms with Gasteiger partial charge in [0.25, 0.3) is 0 Å². The van der Waals surface area contributed by atoms with E-state index >= 15 is 0 Å². The van der Waals surface area contributed by atoms with Crippen molar-refractivity contribution in [1.29, 1.82) is 5.26 Å². The van der Waals surface area contributed by atoms with E-state index in [9.17, 15) is 5.26 Å². The zero-order chi connectivity index (χ0) is 18.0. The van der Waals surface area contributed by atoms with Crippen molar-refractivity contribution in [2.75, 3.05) is 5.73 Å². The fourth-order valence-corrected chi connectivity index (χ4v) is 5.07. The van der Waals surface area contributed by atoms with Crippen LogP contribution in [0.5, 0.6) is 0 Å². The number of hydrogen-bond acceptors (Lipinski definition) is 3. The highest BCUT2D eigenvalue weighted by atomic mass is 32.2. The number of anilines is 1. The van der Waals surface area contributed by atoms with Crippen molar-refractivity contribution in [1.82, 2.24) is 4.57 Å². The van der Waals surface area contributed by atoms with E-state index in [-0.39, 0.29) is 5.92 Å². The second kappa shape index (κ2) is 7.58. The van der Waals surface area contributed by atoms with Gasteiger partial charge in [0.1, 0.15) is 11.9 Å². The van der Waals surface area contributed by atoms with Crippen LogP contribution in [0, 0.1) is 18.3 Å². The number of hydrogen-bond donors (Lipinski definition) is 1. The Morgan fingerprint density at radius 2 is 1.80 bits per heavy atom. The summed E-state index contributed by atoms with van der Waals surface area (Å²) < 4.78 is 2.28. The molecule has 1 aliphatic rings. The molecule has 1 heterocycles. The number of nitrogens with two attached hydrogens (primary N) is 1. The zero-order valence-electron chi connectivity index (χ0n) is 15.4. The fraction of sp³-hybridized carbons (Fsp3) is 0.476. The van der Waals surface area contributed by atoms with Gasteiger partial charge in [-0.15, -0.1) is 0 Å². The summed E-state index contributed by atoms with van der Waals surface area (Å²) >= 11 is 1.75. The minimum Gasteiger partial charge on any atom is -0.384 e. The summed E-state index contributed by atoms with van der Waals surface area (Å²) in [6.45, 7) is 6.41. The largest absolute Gasteiger partial charge is 0.384 e. The van der Waals surface area contributed by atoms with E-state index in [1.807, 2.05) is 0 Å². The molecule has 4 heteroatoms. The maximum absolute atomic E-state index is 9.73. The minimum absolute atomic E-state index is 0.273. The van der Waals surface area contributed by atoms with Crippen LogP contribution >= 0.6 is 11.8 Å². The molecule has 0 amide bonds. The van der Waals surface area contributed by atoms with E-state index in [4.69, 9.17) is 5.73 Å². The molecule has 0 bridgehead atoms. The Bertz CT molecular complexity index is 775. The lowest BCUT2D eigenvalue weighted by Gasteiger charge is -2.27. The molecule has 0 aliphatic heterocycles. The molecule has 0 spiro atoms. The van der Waals surface area contributed by atoms with Crippen LogP contribution in [-0.4, -0.2) is 4.57 Å². The van der Waals surface area contributed by atoms with E-state index in [1.165, 1.54) is 34.7 Å². The van der Waals surface area contributed by atoms with Gasteiger partial charge >= 0.3 is 0 Å². The molecule has 0 unspecified atom stereocenters. The van der Waals surface area contributed by atoms with Crippen LogP contribution in [0.3, 0.4) is 0 Å². The number of rotatable bonds is 4. The number of nitriles is 1. The summed E-state index contributed by atoms with van der Waals surface area (Å²) in [5.74, 6) is 0.933. The summed E-state index contributed by atoms with van der Waals surface area (Å²) in [6.07, 6.45) is 6.11. The average Bonchev–Trinajstić information content (AvgIpc) is 2.89. The third-order valence-corrected chi connectivity index (χ3v) is 6.22. The van der Waals surface area contributed by atoms with Gasteiger partial charge in [0.2, 0.25) is 0 Å². The molecule has 0 radical (unpaired) electrons. The van der Waals surface area contributed by atoms with Crippen LogP contribution < -0.4 is 5.73 Å². The van der Waals surface area contributed by atoms with Crippen molar-refractivity contribution in [3.05, 3.63) is 41.0 Å². The Labute approximate surface area is 155 Å². The van der Waals surface area contributed by atoms with Gasteiger partial charge in [-0.3, -0.25) is 0 Å². The van der Waals surface area contributed by atoms with Crippen molar-refractivity contribution in [2.24, 2.45) is 0 Å². The van der Waals surface area contributed by atoms with Crippen molar-refractivity contribution in [2.45, 2.75) is 74.8 Å². The number of aromatic nitrogens is 1. The smallest absolute Gasteiger partial charge is 0.122 e. The maximum atomic E-state index is 9.73. The van der Waals surface area contributed by atoms with Gasteiger partial charge in [-0.2, -0.15) is 5.26 Å². The molecule has 132 valence electrons. The van der Waals surface area contributed by atoms with E-state index in [0.717, 1.165) is 18.4 Å². The lowest BCUT2D eigenvalue weighted by Crippen LogP contribution is -2.16. The number of nitrogen functional groups attached to an aromatic ring is 1. The number of nitrogens with zero attached hydrogens (tertiary/aromatic N) is 2. The molecule has 0 saturated heterocycles. The Morgan fingerprint density at radius 3 is 2.36 bits per heavy atom. The van der Waals surface area contributed by atoms with Crippen LogP contribution in [0.15, 0.2) is 34.2 Å². The van der Waals surface area contributed by atoms with E-state index in [1.54, 1.807) is 11.8 Å². The highest BCUT2D eigenvalue weighted by Gasteiger charge is 2.28.